The average molecular weight is 1050 g/mol. The van der Waals surface area contributed by atoms with Crippen LogP contribution in [-0.4, -0.2) is 229 Å². The topological polar surface area (TPSA) is 343 Å². The third kappa shape index (κ3) is 8.86. The minimum atomic E-state index is -2.14. The monoisotopic (exact) mass is 1050 g/mol. The van der Waals surface area contributed by atoms with E-state index >= 15 is 0 Å². The number of ketones is 1. The van der Waals surface area contributed by atoms with Crippen LogP contribution < -0.4 is 0 Å². The van der Waals surface area contributed by atoms with Crippen LogP contribution in [0.25, 0.3) is 0 Å². The van der Waals surface area contributed by atoms with Crippen LogP contribution in [-0.2, 0) is 47.4 Å². The molecule has 26 atom stereocenters. The van der Waals surface area contributed by atoms with E-state index in [1.165, 1.54) is 11.1 Å². The van der Waals surface area contributed by atoms with E-state index in [2.05, 4.69) is 27.7 Å². The fourth-order valence-corrected chi connectivity index (χ4v) is 15.4. The maximum Gasteiger partial charge on any atom is 0.187 e. The lowest BCUT2D eigenvalue weighted by Crippen LogP contribution is -2.65. The first kappa shape index (κ1) is 56.3. The predicted octanol–water partition coefficient (Wildman–Crippen LogP) is -1.83. The highest BCUT2D eigenvalue weighted by Gasteiger charge is 2.72. The zero-order chi connectivity index (χ0) is 53.0. The minimum Gasteiger partial charge on any atom is -0.396 e. The maximum absolute atomic E-state index is 13.0. The van der Waals surface area contributed by atoms with Gasteiger partial charge in [-0.3, -0.25) is 4.79 Å². The molecule has 4 aliphatic carbocycles. The summed E-state index contributed by atoms with van der Waals surface area (Å²) in [5, 5.41) is 130. The molecule has 0 radical (unpaired) electrons. The molecule has 22 heteroatoms. The van der Waals surface area contributed by atoms with E-state index in [-0.39, 0.29) is 52.2 Å². The summed E-state index contributed by atoms with van der Waals surface area (Å²) in [5.41, 5.74) is -1.03. The van der Waals surface area contributed by atoms with E-state index in [0.717, 1.165) is 44.9 Å². The molecule has 7 fully saturated rings. The highest BCUT2D eigenvalue weighted by Crippen LogP contribution is 2.75. The lowest BCUT2D eigenvalue weighted by molar-refractivity contribution is -0.378. The second kappa shape index (κ2) is 20.7. The zero-order valence-corrected chi connectivity index (χ0v) is 42.8. The fraction of sp³-hybridized carbons (Fsp3) is 0.941. The number of carbonyl (C=O) groups excluding carboxylic acids is 1. The molecule has 9 rings (SSSR count). The third-order valence-electron chi connectivity index (χ3n) is 20.2. The van der Waals surface area contributed by atoms with Gasteiger partial charge in [0.1, 0.15) is 85.0 Å². The first-order chi connectivity index (χ1) is 34.4. The van der Waals surface area contributed by atoms with Gasteiger partial charge in [0.25, 0.3) is 0 Å². The first-order valence-electron chi connectivity index (χ1n) is 26.5. The van der Waals surface area contributed by atoms with Crippen LogP contribution in [0.15, 0.2) is 11.1 Å². The van der Waals surface area contributed by atoms with E-state index in [9.17, 15) is 66.1 Å². The molecule has 0 aromatic heterocycles. The van der Waals surface area contributed by atoms with Crippen molar-refractivity contribution >= 4 is 5.78 Å². The van der Waals surface area contributed by atoms with Gasteiger partial charge in [-0.25, -0.2) is 0 Å². The van der Waals surface area contributed by atoms with Gasteiger partial charge in [-0.05, 0) is 80.5 Å². The van der Waals surface area contributed by atoms with E-state index in [0.29, 0.717) is 19.3 Å². The second-order valence-corrected chi connectivity index (χ2v) is 23.8. The normalized spacial score (nSPS) is 54.1. The number of fused-ring (bicyclic) bond motifs is 5. The van der Waals surface area contributed by atoms with Gasteiger partial charge in [-0.15, -0.1) is 0 Å². The number of hydrogen-bond acceptors (Lipinski definition) is 22. The van der Waals surface area contributed by atoms with Crippen molar-refractivity contribution in [2.24, 2.45) is 33.5 Å². The summed E-state index contributed by atoms with van der Waals surface area (Å²) in [6, 6.07) is 0. The summed E-state index contributed by atoms with van der Waals surface area (Å²) in [6.07, 6.45) is -20.4. The molecule has 5 saturated heterocycles. The Bertz CT molecular complexity index is 2010. The number of Topliss-reactive ketones (excluding diaryl/α,β-unsaturated/α-hetero) is 1. The van der Waals surface area contributed by atoms with E-state index in [1.807, 2.05) is 13.8 Å². The Balaban J connectivity index is 0.891. The minimum absolute atomic E-state index is 0.0359. The summed E-state index contributed by atoms with van der Waals surface area (Å²) in [5.74, 6) is 0.377. The van der Waals surface area contributed by atoms with Crippen molar-refractivity contribution < 1.29 is 109 Å². The number of rotatable bonds is 14. The molecule has 1 spiro atoms. The number of aliphatic hydroxyl groups is 12. The molecule has 0 bridgehead atoms. The summed E-state index contributed by atoms with van der Waals surface area (Å²) in [6.45, 7) is 9.67. The molecule has 73 heavy (non-hydrogen) atoms. The van der Waals surface area contributed by atoms with Gasteiger partial charge in [-0.2, -0.15) is 0 Å². The van der Waals surface area contributed by atoms with Crippen molar-refractivity contribution in [3.8, 4) is 0 Å². The largest absolute Gasteiger partial charge is 0.396 e. The van der Waals surface area contributed by atoms with Crippen LogP contribution in [0.2, 0.25) is 0 Å². The number of ether oxygens (including phenoxy) is 9. The van der Waals surface area contributed by atoms with Crippen LogP contribution in [0, 0.1) is 33.5 Å². The predicted molar refractivity (Wildman–Crippen MR) is 248 cm³/mol. The van der Waals surface area contributed by atoms with Crippen molar-refractivity contribution in [1.82, 2.24) is 0 Å². The lowest BCUT2D eigenvalue weighted by Gasteiger charge is -2.63. The summed E-state index contributed by atoms with van der Waals surface area (Å²) < 4.78 is 54.3. The number of hydrogen-bond donors (Lipinski definition) is 12. The SMILES string of the molecule is CCC(=O)[C@@H]1C[C@@H](C)[C@]2(CC[C@@]3(C)C4=C(CC[C@@]32C)[C@@]2(C)CC[C@H](O[C@@H]3O[C@H](CO[C@@H]5OC[C@H](O)[C@@H](O)[C@H]5O[C@@H]5O[C@H](CO)[C@@H](O)[C@H](O)[C@H]5O[C@@H]5OC[C@@](O)(CO)[C@H]5O)[C@@H](O)[C@H](O)[C@H]3O)[C@](C)(CO)[C@@H]2CC4)O1. The highest BCUT2D eigenvalue weighted by molar-refractivity contribution is 5.83. The van der Waals surface area contributed by atoms with E-state index in [1.54, 1.807) is 0 Å². The Kier molecular flexibility index (Phi) is 15.9. The molecule has 12 N–H and O–H groups in total. The van der Waals surface area contributed by atoms with Gasteiger partial charge < -0.3 is 104 Å². The first-order valence-corrected chi connectivity index (χ1v) is 26.5. The van der Waals surface area contributed by atoms with Crippen LogP contribution in [0.5, 0.6) is 0 Å². The quantitative estimate of drug-likeness (QED) is 0.0852. The number of aliphatic hydroxyl groups excluding tert-OH is 11. The van der Waals surface area contributed by atoms with Gasteiger partial charge in [-0.1, -0.05) is 52.7 Å². The standard InChI is InChI=1S/C51H82O22/c1-7-26(55)28-16-23(2)51(73-28)15-14-48(5)25-8-9-31-46(3,24(25)10-13-49(48,51)6)12-11-32(47(31,4)20-53)70-42-38(62)36(60)35(59)30(69-42)19-66-43-39(33(57)27(56)18-65-43)71-44-40(37(61)34(58)29(17-52)68-44)72-45-41(63)50(64,21-54)22-67-45/h23,27-45,52-54,56-64H,7-22H2,1-6H3/t23-,27+,28+,29-,30-,31-,32+,33-,34-,35-,36+,37+,38-,39-,40-,41+,42+,43+,44+,45+,46-,47-,48+,49+,50+,51+/m1/s1. The Morgan fingerprint density at radius 1 is 0.699 bits per heavy atom. The molecule has 418 valence electrons. The van der Waals surface area contributed by atoms with E-state index < -0.39 is 149 Å². The smallest absolute Gasteiger partial charge is 0.187 e. The lowest BCUT2D eigenvalue weighted by atomic mass is 9.42. The van der Waals surface area contributed by atoms with Gasteiger partial charge in [0.15, 0.2) is 30.9 Å². The van der Waals surface area contributed by atoms with Gasteiger partial charge in [0.2, 0.25) is 0 Å². The summed E-state index contributed by atoms with van der Waals surface area (Å²) >= 11 is 0. The molecule has 0 aromatic carbocycles. The fourth-order valence-electron chi connectivity index (χ4n) is 15.4. The van der Waals surface area contributed by atoms with Crippen LogP contribution in [0.4, 0.5) is 0 Å². The highest BCUT2D eigenvalue weighted by atomic mass is 16.8. The van der Waals surface area contributed by atoms with Gasteiger partial charge in [0.05, 0.1) is 51.3 Å². The van der Waals surface area contributed by atoms with E-state index in [4.69, 9.17) is 42.6 Å². The van der Waals surface area contributed by atoms with Crippen LogP contribution in [0.3, 0.4) is 0 Å². The Labute approximate surface area is 425 Å². The molecule has 0 aromatic rings. The number of carbonyl (C=O) groups is 1. The van der Waals surface area contributed by atoms with Crippen molar-refractivity contribution in [3.63, 3.8) is 0 Å². The van der Waals surface area contributed by atoms with Crippen molar-refractivity contribution in [2.75, 3.05) is 39.6 Å². The Hall–Kier alpha value is -1.43. The molecular formula is C51H82O22. The molecule has 5 heterocycles. The van der Waals surface area contributed by atoms with Gasteiger partial charge >= 0.3 is 0 Å². The Morgan fingerprint density at radius 2 is 1.38 bits per heavy atom. The molecular weight excluding hydrogens is 965 g/mol. The second-order valence-electron chi connectivity index (χ2n) is 23.8. The van der Waals surface area contributed by atoms with Gasteiger partial charge in [0, 0.05) is 17.3 Å². The average Bonchev–Trinajstić information content (AvgIpc) is 3.96. The molecule has 0 amide bonds. The molecule has 0 unspecified atom stereocenters. The molecule has 2 saturated carbocycles. The zero-order valence-electron chi connectivity index (χ0n) is 42.8. The summed E-state index contributed by atoms with van der Waals surface area (Å²) in [4.78, 5) is 13.0. The molecule has 9 aliphatic rings. The number of allylic oxidation sites excluding steroid dienone is 2. The van der Waals surface area contributed by atoms with Crippen LogP contribution in [0.1, 0.15) is 106 Å². The maximum atomic E-state index is 13.0. The molecule has 22 nitrogen and oxygen atoms in total. The van der Waals surface area contributed by atoms with Crippen LogP contribution >= 0.6 is 0 Å². The summed E-state index contributed by atoms with van der Waals surface area (Å²) in [7, 11) is 0. The third-order valence-corrected chi connectivity index (χ3v) is 20.2. The van der Waals surface area contributed by atoms with Crippen molar-refractivity contribution in [3.05, 3.63) is 11.1 Å². The van der Waals surface area contributed by atoms with Crippen molar-refractivity contribution in [1.29, 1.82) is 0 Å². The van der Waals surface area contributed by atoms with Crippen molar-refractivity contribution in [2.45, 2.75) is 228 Å². The Morgan fingerprint density at radius 3 is 2.05 bits per heavy atom. The molecule has 5 aliphatic heterocycles.